The molecule has 0 bridgehead atoms. The van der Waals surface area contributed by atoms with Crippen molar-refractivity contribution in [1.29, 1.82) is 0 Å². The SMILES string of the molecule is CCOc1cc(/C=C2\SC(NC(C)=O)=NC2=O)ccc1OCC(=O)Nc1ccc(C)c(Cl)c1. The molecule has 0 aliphatic carbocycles. The van der Waals surface area contributed by atoms with Gasteiger partial charge in [0, 0.05) is 17.6 Å². The molecule has 0 fully saturated rings. The molecule has 1 aliphatic heterocycles. The van der Waals surface area contributed by atoms with Gasteiger partial charge in [0.1, 0.15) is 0 Å². The number of aryl methyl sites for hydroxylation is 1. The third-order valence-electron chi connectivity index (χ3n) is 4.28. The summed E-state index contributed by atoms with van der Waals surface area (Å²) >= 11 is 7.17. The van der Waals surface area contributed by atoms with E-state index in [2.05, 4.69) is 15.6 Å². The normalized spacial score (nSPS) is 14.1. The van der Waals surface area contributed by atoms with Crippen molar-refractivity contribution in [2.45, 2.75) is 20.8 Å². The van der Waals surface area contributed by atoms with Gasteiger partial charge in [-0.1, -0.05) is 23.7 Å². The quantitative estimate of drug-likeness (QED) is 0.568. The number of hydrogen-bond donors (Lipinski definition) is 2. The lowest BCUT2D eigenvalue weighted by atomic mass is 10.2. The Bertz CT molecular complexity index is 1160. The van der Waals surface area contributed by atoms with Gasteiger partial charge in [0.2, 0.25) is 5.91 Å². The van der Waals surface area contributed by atoms with Crippen molar-refractivity contribution in [2.24, 2.45) is 4.99 Å². The number of hydrogen-bond acceptors (Lipinski definition) is 6. The van der Waals surface area contributed by atoms with E-state index in [1.165, 1.54) is 6.92 Å². The first-order chi connectivity index (χ1) is 15.7. The number of amidine groups is 1. The first kappa shape index (κ1) is 24.3. The predicted molar refractivity (Wildman–Crippen MR) is 130 cm³/mol. The Morgan fingerprint density at radius 1 is 1.12 bits per heavy atom. The molecule has 0 spiro atoms. The second kappa shape index (κ2) is 11.0. The van der Waals surface area contributed by atoms with E-state index in [1.807, 2.05) is 19.9 Å². The minimum atomic E-state index is -0.435. The Hall–Kier alpha value is -3.30. The molecule has 0 atom stereocenters. The number of halogens is 1. The van der Waals surface area contributed by atoms with Crippen LogP contribution in [0.4, 0.5) is 5.69 Å². The zero-order valence-electron chi connectivity index (χ0n) is 18.2. The summed E-state index contributed by atoms with van der Waals surface area (Å²) in [6, 6.07) is 10.3. The Morgan fingerprint density at radius 3 is 2.61 bits per heavy atom. The van der Waals surface area contributed by atoms with Crippen molar-refractivity contribution in [3.05, 3.63) is 57.5 Å². The van der Waals surface area contributed by atoms with Gasteiger partial charge in [0.25, 0.3) is 11.8 Å². The predicted octanol–water partition coefficient (Wildman–Crippen LogP) is 4.17. The molecular formula is C23H22ClN3O5S. The van der Waals surface area contributed by atoms with E-state index in [1.54, 1.807) is 36.4 Å². The third-order valence-corrected chi connectivity index (χ3v) is 5.59. The Kier molecular flexibility index (Phi) is 8.13. The molecule has 0 radical (unpaired) electrons. The Labute approximate surface area is 200 Å². The van der Waals surface area contributed by atoms with Crippen LogP contribution in [0.1, 0.15) is 25.0 Å². The van der Waals surface area contributed by atoms with Crippen LogP contribution >= 0.6 is 23.4 Å². The van der Waals surface area contributed by atoms with Crippen LogP contribution in [-0.4, -0.2) is 36.1 Å². The number of ether oxygens (including phenoxy) is 2. The Morgan fingerprint density at radius 2 is 1.91 bits per heavy atom. The third kappa shape index (κ3) is 6.84. The Balaban J connectivity index is 1.67. The van der Waals surface area contributed by atoms with Crippen LogP contribution in [0.3, 0.4) is 0 Å². The molecule has 8 nitrogen and oxygen atoms in total. The fourth-order valence-electron chi connectivity index (χ4n) is 2.78. The number of anilines is 1. The monoisotopic (exact) mass is 487 g/mol. The van der Waals surface area contributed by atoms with E-state index in [0.29, 0.717) is 39.3 Å². The molecule has 0 saturated heterocycles. The summed E-state index contributed by atoms with van der Waals surface area (Å²) in [5.41, 5.74) is 2.17. The lowest BCUT2D eigenvalue weighted by Gasteiger charge is -2.13. The first-order valence-corrected chi connectivity index (χ1v) is 11.2. The number of thioether (sulfide) groups is 1. The molecule has 10 heteroatoms. The zero-order valence-corrected chi connectivity index (χ0v) is 19.8. The zero-order chi connectivity index (χ0) is 24.0. The van der Waals surface area contributed by atoms with Crippen molar-refractivity contribution in [1.82, 2.24) is 5.32 Å². The van der Waals surface area contributed by atoms with Crippen LogP contribution in [0.15, 0.2) is 46.3 Å². The van der Waals surface area contributed by atoms with E-state index < -0.39 is 5.91 Å². The van der Waals surface area contributed by atoms with Gasteiger partial charge in [-0.15, -0.1) is 0 Å². The highest BCUT2D eigenvalue weighted by molar-refractivity contribution is 8.18. The maximum absolute atomic E-state index is 12.3. The standard InChI is InChI=1S/C23H22ClN3O5S/c1-4-31-19-9-15(10-20-22(30)27-23(33-20)25-14(3)28)6-8-18(19)32-12-21(29)26-16-7-5-13(2)17(24)11-16/h5-11H,4,12H2,1-3H3,(H,26,29)(H,25,27,28,30)/b20-10-. The molecule has 3 rings (SSSR count). The summed E-state index contributed by atoms with van der Waals surface area (Å²) < 4.78 is 11.3. The molecule has 172 valence electrons. The van der Waals surface area contributed by atoms with Crippen LogP contribution in [0.5, 0.6) is 11.5 Å². The highest BCUT2D eigenvalue weighted by Gasteiger charge is 2.22. The summed E-state index contributed by atoms with van der Waals surface area (Å²) in [6.45, 7) is 5.20. The van der Waals surface area contributed by atoms with E-state index in [0.717, 1.165) is 17.3 Å². The molecule has 0 unspecified atom stereocenters. The maximum Gasteiger partial charge on any atom is 0.286 e. The van der Waals surface area contributed by atoms with E-state index in [4.69, 9.17) is 21.1 Å². The van der Waals surface area contributed by atoms with Gasteiger partial charge in [-0.05, 0) is 67.1 Å². The molecule has 2 aromatic rings. The molecule has 0 saturated carbocycles. The molecule has 33 heavy (non-hydrogen) atoms. The number of rotatable bonds is 7. The van der Waals surface area contributed by atoms with E-state index in [-0.39, 0.29) is 23.6 Å². The van der Waals surface area contributed by atoms with Crippen molar-refractivity contribution in [3.63, 3.8) is 0 Å². The van der Waals surface area contributed by atoms with Crippen LogP contribution in [0, 0.1) is 6.92 Å². The van der Waals surface area contributed by atoms with Gasteiger partial charge >= 0.3 is 0 Å². The maximum atomic E-state index is 12.3. The lowest BCUT2D eigenvalue weighted by Crippen LogP contribution is -2.23. The molecule has 1 aliphatic rings. The number of nitrogens with zero attached hydrogens (tertiary/aromatic N) is 1. The smallest absolute Gasteiger partial charge is 0.286 e. The second-order valence-corrected chi connectivity index (χ2v) is 8.39. The summed E-state index contributed by atoms with van der Waals surface area (Å²) in [7, 11) is 0. The van der Waals surface area contributed by atoms with Gasteiger partial charge in [0.15, 0.2) is 23.3 Å². The minimum Gasteiger partial charge on any atom is -0.490 e. The average molecular weight is 488 g/mol. The van der Waals surface area contributed by atoms with Crippen LogP contribution in [0.2, 0.25) is 5.02 Å². The van der Waals surface area contributed by atoms with Crippen molar-refractivity contribution in [2.75, 3.05) is 18.5 Å². The highest BCUT2D eigenvalue weighted by atomic mass is 35.5. The van der Waals surface area contributed by atoms with Gasteiger partial charge < -0.3 is 20.1 Å². The molecule has 3 amide bonds. The van der Waals surface area contributed by atoms with Crippen LogP contribution < -0.4 is 20.1 Å². The van der Waals surface area contributed by atoms with Gasteiger partial charge in [0.05, 0.1) is 11.5 Å². The highest BCUT2D eigenvalue weighted by Crippen LogP contribution is 2.32. The van der Waals surface area contributed by atoms with Gasteiger partial charge in [-0.2, -0.15) is 4.99 Å². The minimum absolute atomic E-state index is 0.228. The lowest BCUT2D eigenvalue weighted by molar-refractivity contribution is -0.118. The second-order valence-electron chi connectivity index (χ2n) is 6.95. The largest absolute Gasteiger partial charge is 0.490 e. The van der Waals surface area contributed by atoms with Crippen LogP contribution in [-0.2, 0) is 14.4 Å². The number of carbonyl (C=O) groups is 3. The molecule has 1 heterocycles. The van der Waals surface area contributed by atoms with Crippen molar-refractivity contribution >= 4 is 58.0 Å². The van der Waals surface area contributed by atoms with E-state index >= 15 is 0 Å². The summed E-state index contributed by atoms with van der Waals surface area (Å²) in [4.78, 5) is 39.7. The number of nitrogens with one attached hydrogen (secondary N) is 2. The van der Waals surface area contributed by atoms with Crippen molar-refractivity contribution < 1.29 is 23.9 Å². The van der Waals surface area contributed by atoms with Gasteiger partial charge in [-0.3, -0.25) is 14.4 Å². The fraction of sp³-hybridized carbons (Fsp3) is 0.217. The average Bonchev–Trinajstić information content (AvgIpc) is 3.08. The molecule has 2 N–H and O–H groups in total. The number of amides is 3. The summed E-state index contributed by atoms with van der Waals surface area (Å²) in [6.07, 6.45) is 1.64. The summed E-state index contributed by atoms with van der Waals surface area (Å²) in [5, 5.41) is 6.03. The summed E-state index contributed by atoms with van der Waals surface area (Å²) in [5.74, 6) is -0.271. The number of aliphatic imine (C=N–C) groups is 1. The number of carbonyl (C=O) groups excluding carboxylic acids is 3. The molecule has 2 aromatic carbocycles. The number of benzene rings is 2. The molecule has 0 aromatic heterocycles. The first-order valence-electron chi connectivity index (χ1n) is 10.0. The van der Waals surface area contributed by atoms with E-state index in [9.17, 15) is 14.4 Å². The topological polar surface area (TPSA) is 106 Å². The van der Waals surface area contributed by atoms with Crippen LogP contribution in [0.25, 0.3) is 6.08 Å². The fourth-order valence-corrected chi connectivity index (χ4v) is 3.82. The van der Waals surface area contributed by atoms with Gasteiger partial charge in [-0.25, -0.2) is 0 Å². The van der Waals surface area contributed by atoms with Crippen molar-refractivity contribution in [3.8, 4) is 11.5 Å². The molecular weight excluding hydrogens is 466 g/mol.